The first-order chi connectivity index (χ1) is 27.5. The van der Waals surface area contributed by atoms with Crippen LogP contribution in [0.15, 0.2) is 36.5 Å². The molecule has 0 radical (unpaired) electrons. The van der Waals surface area contributed by atoms with Crippen molar-refractivity contribution in [1.82, 2.24) is 0 Å². The summed E-state index contributed by atoms with van der Waals surface area (Å²) in [6, 6.07) is 0. The molecule has 0 heterocycles. The summed E-state index contributed by atoms with van der Waals surface area (Å²) in [4.78, 5) is 35.0. The van der Waals surface area contributed by atoms with E-state index >= 15 is 0 Å². The molecule has 0 saturated carbocycles. The van der Waals surface area contributed by atoms with Gasteiger partial charge in [0, 0.05) is 12.8 Å². The van der Waals surface area contributed by atoms with Gasteiger partial charge in [-0.25, -0.2) is 4.57 Å². The normalized spacial score (nSPS) is 14.8. The lowest BCUT2D eigenvalue weighted by Gasteiger charge is -2.20. The Kier molecular flexibility index (Phi) is 38.3. The Morgan fingerprint density at radius 1 is 0.632 bits per heavy atom. The standard InChI is InChI=1S/C45H83O11P/c1-4-5-6-7-8-9-10-12-16-19-22-25-28-32-41(47)33-30-35-45(50)56-43(39-55-57(51,52)54-37-42(48)36-46)38-53-44(49)34-29-26-23-20-17-14-11-13-15-18-21-24-27-31-40(2)3/h12,16,22,25,28,32,40-43,46-48H,4-11,13-15,17-21,23-24,26-27,29-31,33-39H2,1-3H3,(H,51,52)/b16-12+,25-22+,32-28+/t41?,42-,43+/m0/s1. The van der Waals surface area contributed by atoms with Crippen molar-refractivity contribution in [3.8, 4) is 0 Å². The molecule has 2 unspecified atom stereocenters. The zero-order valence-corrected chi connectivity index (χ0v) is 37.0. The van der Waals surface area contributed by atoms with Crippen molar-refractivity contribution in [2.24, 2.45) is 5.92 Å². The Morgan fingerprint density at radius 2 is 1.19 bits per heavy atom. The summed E-state index contributed by atoms with van der Waals surface area (Å²) in [6.07, 6.45) is 35.7. The van der Waals surface area contributed by atoms with Crippen molar-refractivity contribution < 1.29 is 52.9 Å². The van der Waals surface area contributed by atoms with Gasteiger partial charge in [-0.1, -0.05) is 173 Å². The Hall–Kier alpha value is -1.85. The SMILES string of the molecule is CCCCCCCC/C=C/C/C=C/C=C/C(O)CCCC(=O)O[C@H](COC(=O)CCCCCCCCCCCCCCCC(C)C)COP(=O)(O)OC[C@@H](O)CO. The summed E-state index contributed by atoms with van der Waals surface area (Å²) >= 11 is 0. The number of carbonyl (C=O) groups is 2. The van der Waals surface area contributed by atoms with E-state index in [-0.39, 0.29) is 19.4 Å². The van der Waals surface area contributed by atoms with Gasteiger partial charge in [-0.05, 0) is 44.4 Å². The van der Waals surface area contributed by atoms with Crippen LogP contribution in [0.2, 0.25) is 0 Å². The smallest absolute Gasteiger partial charge is 0.462 e. The van der Waals surface area contributed by atoms with E-state index in [1.54, 1.807) is 12.2 Å². The molecular weight excluding hydrogens is 747 g/mol. The quantitative estimate of drug-likeness (QED) is 0.0152. The van der Waals surface area contributed by atoms with Gasteiger partial charge in [-0.2, -0.15) is 0 Å². The molecule has 0 aromatic carbocycles. The molecule has 0 fully saturated rings. The number of hydrogen-bond donors (Lipinski definition) is 4. The summed E-state index contributed by atoms with van der Waals surface area (Å²) in [5, 5.41) is 28.6. The molecule has 57 heavy (non-hydrogen) atoms. The summed E-state index contributed by atoms with van der Waals surface area (Å²) in [7, 11) is -4.67. The Morgan fingerprint density at radius 3 is 1.81 bits per heavy atom. The van der Waals surface area contributed by atoms with Crippen LogP contribution in [0.4, 0.5) is 0 Å². The Bertz CT molecular complexity index is 1080. The lowest BCUT2D eigenvalue weighted by molar-refractivity contribution is -0.161. The number of rotatable bonds is 41. The first-order valence-corrected chi connectivity index (χ1v) is 23.9. The highest BCUT2D eigenvalue weighted by molar-refractivity contribution is 7.47. The fraction of sp³-hybridized carbons (Fsp3) is 0.822. The fourth-order valence-corrected chi connectivity index (χ4v) is 6.86. The zero-order chi connectivity index (χ0) is 42.2. The number of aliphatic hydroxyl groups is 3. The molecule has 334 valence electrons. The van der Waals surface area contributed by atoms with Gasteiger partial charge in [0.25, 0.3) is 0 Å². The van der Waals surface area contributed by atoms with Gasteiger partial charge in [0.2, 0.25) is 0 Å². The number of allylic oxidation sites excluding steroid dienone is 5. The Labute approximate surface area is 346 Å². The van der Waals surface area contributed by atoms with Crippen molar-refractivity contribution in [3.05, 3.63) is 36.5 Å². The molecule has 0 aliphatic carbocycles. The molecule has 4 atom stereocenters. The van der Waals surface area contributed by atoms with Crippen LogP contribution < -0.4 is 0 Å². The van der Waals surface area contributed by atoms with Crippen molar-refractivity contribution in [1.29, 1.82) is 0 Å². The van der Waals surface area contributed by atoms with Crippen LogP contribution in [0.3, 0.4) is 0 Å². The van der Waals surface area contributed by atoms with Crippen molar-refractivity contribution in [2.45, 2.75) is 206 Å². The molecule has 0 saturated heterocycles. The third kappa shape index (κ3) is 40.7. The average Bonchev–Trinajstić information content (AvgIpc) is 3.18. The fourth-order valence-electron chi connectivity index (χ4n) is 6.07. The number of phosphoric ester groups is 1. The number of esters is 2. The van der Waals surface area contributed by atoms with Crippen LogP contribution in [-0.2, 0) is 32.7 Å². The number of ether oxygens (including phenoxy) is 2. The van der Waals surface area contributed by atoms with E-state index in [9.17, 15) is 29.3 Å². The number of carbonyl (C=O) groups excluding carboxylic acids is 2. The van der Waals surface area contributed by atoms with Crippen LogP contribution in [0.25, 0.3) is 0 Å². The zero-order valence-electron chi connectivity index (χ0n) is 36.1. The second-order valence-corrected chi connectivity index (χ2v) is 17.2. The largest absolute Gasteiger partial charge is 0.472 e. The molecule has 12 heteroatoms. The number of phosphoric acid groups is 1. The predicted octanol–water partition coefficient (Wildman–Crippen LogP) is 10.8. The molecule has 11 nitrogen and oxygen atoms in total. The summed E-state index contributed by atoms with van der Waals surface area (Å²) in [5.41, 5.74) is 0. The van der Waals surface area contributed by atoms with Crippen molar-refractivity contribution in [3.63, 3.8) is 0 Å². The number of unbranched alkanes of at least 4 members (excludes halogenated alkanes) is 18. The van der Waals surface area contributed by atoms with Crippen LogP contribution in [-0.4, -0.2) is 76.9 Å². The first-order valence-electron chi connectivity index (χ1n) is 22.4. The van der Waals surface area contributed by atoms with Crippen LogP contribution in [0.5, 0.6) is 0 Å². The van der Waals surface area contributed by atoms with Gasteiger partial charge in [-0.3, -0.25) is 18.6 Å². The van der Waals surface area contributed by atoms with Gasteiger partial charge in [0.05, 0.1) is 25.9 Å². The second-order valence-electron chi connectivity index (χ2n) is 15.8. The highest BCUT2D eigenvalue weighted by Crippen LogP contribution is 2.43. The molecule has 0 amide bonds. The number of hydrogen-bond acceptors (Lipinski definition) is 10. The molecular formula is C45H83O11P. The summed E-state index contributed by atoms with van der Waals surface area (Å²) in [5.74, 6) is -0.309. The minimum Gasteiger partial charge on any atom is -0.462 e. The molecule has 0 aliphatic heterocycles. The lowest BCUT2D eigenvalue weighted by atomic mass is 10.0. The minimum atomic E-state index is -4.67. The topological polar surface area (TPSA) is 169 Å². The average molecular weight is 831 g/mol. The third-order valence-electron chi connectivity index (χ3n) is 9.58. The maximum atomic E-state index is 12.6. The van der Waals surface area contributed by atoms with Crippen molar-refractivity contribution >= 4 is 19.8 Å². The Balaban J connectivity index is 4.45. The number of aliphatic hydroxyl groups excluding tert-OH is 3. The van der Waals surface area contributed by atoms with E-state index in [0.29, 0.717) is 19.3 Å². The highest BCUT2D eigenvalue weighted by atomic mass is 31.2. The van der Waals surface area contributed by atoms with Crippen molar-refractivity contribution in [2.75, 3.05) is 26.4 Å². The maximum Gasteiger partial charge on any atom is 0.472 e. The van der Waals surface area contributed by atoms with E-state index in [4.69, 9.17) is 19.1 Å². The van der Waals surface area contributed by atoms with E-state index in [2.05, 4.69) is 37.4 Å². The van der Waals surface area contributed by atoms with Gasteiger partial charge in [0.1, 0.15) is 12.7 Å². The third-order valence-corrected chi connectivity index (χ3v) is 10.5. The maximum absolute atomic E-state index is 12.6. The molecule has 0 aliphatic rings. The monoisotopic (exact) mass is 831 g/mol. The predicted molar refractivity (Wildman–Crippen MR) is 230 cm³/mol. The summed E-state index contributed by atoms with van der Waals surface area (Å²) < 4.78 is 32.6. The second kappa shape index (κ2) is 39.6. The van der Waals surface area contributed by atoms with Crippen LogP contribution in [0.1, 0.15) is 188 Å². The molecule has 4 N–H and O–H groups in total. The van der Waals surface area contributed by atoms with Gasteiger partial charge in [-0.15, -0.1) is 0 Å². The van der Waals surface area contributed by atoms with E-state index in [0.717, 1.165) is 38.0 Å². The molecule has 0 spiro atoms. The van der Waals surface area contributed by atoms with Gasteiger partial charge < -0.3 is 29.7 Å². The molecule has 0 aromatic rings. The van der Waals surface area contributed by atoms with Gasteiger partial charge in [0.15, 0.2) is 6.10 Å². The first kappa shape index (κ1) is 55.2. The van der Waals surface area contributed by atoms with Crippen LogP contribution in [0, 0.1) is 5.92 Å². The lowest BCUT2D eigenvalue weighted by Crippen LogP contribution is -2.30. The minimum absolute atomic E-state index is 0.0386. The highest BCUT2D eigenvalue weighted by Gasteiger charge is 2.27. The molecule has 0 rings (SSSR count). The molecule has 0 bridgehead atoms. The van der Waals surface area contributed by atoms with E-state index in [1.165, 1.54) is 103 Å². The summed E-state index contributed by atoms with van der Waals surface area (Å²) in [6.45, 7) is 4.49. The van der Waals surface area contributed by atoms with E-state index < -0.39 is 57.9 Å². The van der Waals surface area contributed by atoms with Crippen LogP contribution >= 0.6 is 7.82 Å². The van der Waals surface area contributed by atoms with Gasteiger partial charge >= 0.3 is 19.8 Å². The molecule has 0 aromatic heterocycles. The van der Waals surface area contributed by atoms with E-state index in [1.807, 2.05) is 12.2 Å².